The zero-order chi connectivity index (χ0) is 16.9. The number of rotatable bonds is 5. The van der Waals surface area contributed by atoms with Crippen molar-refractivity contribution in [2.24, 2.45) is 0 Å². The molecule has 0 unspecified atom stereocenters. The van der Waals surface area contributed by atoms with Crippen molar-refractivity contribution in [3.05, 3.63) is 29.8 Å². The van der Waals surface area contributed by atoms with Crippen molar-refractivity contribution in [3.63, 3.8) is 0 Å². The van der Waals surface area contributed by atoms with Gasteiger partial charge < -0.3 is 20.1 Å². The van der Waals surface area contributed by atoms with Crippen LogP contribution in [0.15, 0.2) is 24.3 Å². The normalized spacial score (nSPS) is 21.7. The molecule has 1 fully saturated rings. The summed E-state index contributed by atoms with van der Waals surface area (Å²) in [5.41, 5.74) is 1.20. The lowest BCUT2D eigenvalue weighted by Crippen LogP contribution is -2.55. The van der Waals surface area contributed by atoms with Gasteiger partial charge in [-0.05, 0) is 24.0 Å². The maximum atomic E-state index is 12.1. The van der Waals surface area contributed by atoms with Crippen molar-refractivity contribution in [1.82, 2.24) is 10.6 Å². The van der Waals surface area contributed by atoms with Gasteiger partial charge in [0.1, 0.15) is 18.4 Å². The van der Waals surface area contributed by atoms with Crippen LogP contribution in [0.25, 0.3) is 0 Å². The summed E-state index contributed by atoms with van der Waals surface area (Å²) >= 11 is 0. The van der Waals surface area contributed by atoms with Crippen LogP contribution in [0.1, 0.15) is 33.3 Å². The van der Waals surface area contributed by atoms with Crippen LogP contribution in [-0.2, 0) is 14.9 Å². The molecule has 128 valence electrons. The first kappa shape index (κ1) is 17.8. The fourth-order valence-electron chi connectivity index (χ4n) is 2.68. The quantitative estimate of drug-likeness (QED) is 0.813. The maximum Gasteiger partial charge on any atom is 0.239 e. The standard InChI is InChI=1S/C18H28N2O3/c1-13-16(19-9-11-22-13)17(21)20-10-12-23-15-8-6-5-7-14(15)18(2,3)4/h5-8,13,16,19H,9-12H2,1-4H3,(H,20,21)/t13-,16+/m1/s1. The summed E-state index contributed by atoms with van der Waals surface area (Å²) in [5, 5.41) is 6.08. The predicted molar refractivity (Wildman–Crippen MR) is 90.9 cm³/mol. The summed E-state index contributed by atoms with van der Waals surface area (Å²) in [6, 6.07) is 7.75. The van der Waals surface area contributed by atoms with Crippen molar-refractivity contribution in [1.29, 1.82) is 0 Å². The van der Waals surface area contributed by atoms with Crippen LogP contribution in [0.5, 0.6) is 5.75 Å². The van der Waals surface area contributed by atoms with Crippen molar-refractivity contribution in [2.45, 2.75) is 45.3 Å². The fraction of sp³-hybridized carbons (Fsp3) is 0.611. The second kappa shape index (κ2) is 7.79. The largest absolute Gasteiger partial charge is 0.491 e. The van der Waals surface area contributed by atoms with E-state index in [-0.39, 0.29) is 23.5 Å². The number of benzene rings is 1. The van der Waals surface area contributed by atoms with Gasteiger partial charge in [0.2, 0.25) is 5.91 Å². The molecule has 2 N–H and O–H groups in total. The molecule has 2 rings (SSSR count). The Morgan fingerprint density at radius 3 is 2.83 bits per heavy atom. The Bertz CT molecular complexity index is 525. The first-order valence-corrected chi connectivity index (χ1v) is 8.24. The Balaban J connectivity index is 1.81. The van der Waals surface area contributed by atoms with Crippen LogP contribution in [0.2, 0.25) is 0 Å². The Morgan fingerprint density at radius 1 is 1.39 bits per heavy atom. The third-order valence-corrected chi connectivity index (χ3v) is 3.95. The van der Waals surface area contributed by atoms with Crippen LogP contribution in [-0.4, -0.2) is 44.4 Å². The third kappa shape index (κ3) is 4.94. The molecule has 2 atom stereocenters. The van der Waals surface area contributed by atoms with Gasteiger partial charge in [0, 0.05) is 6.54 Å². The number of carbonyl (C=O) groups excluding carboxylic acids is 1. The highest BCUT2D eigenvalue weighted by Gasteiger charge is 2.27. The minimum atomic E-state index is -0.286. The van der Waals surface area contributed by atoms with E-state index >= 15 is 0 Å². The lowest BCUT2D eigenvalue weighted by atomic mass is 9.86. The third-order valence-electron chi connectivity index (χ3n) is 3.95. The fourth-order valence-corrected chi connectivity index (χ4v) is 2.68. The van der Waals surface area contributed by atoms with Gasteiger partial charge in [0.15, 0.2) is 0 Å². The molecule has 1 saturated heterocycles. The molecule has 0 radical (unpaired) electrons. The number of carbonyl (C=O) groups is 1. The van der Waals surface area contributed by atoms with E-state index in [2.05, 4.69) is 37.5 Å². The van der Waals surface area contributed by atoms with Crippen molar-refractivity contribution < 1.29 is 14.3 Å². The molecule has 0 aliphatic carbocycles. The molecule has 23 heavy (non-hydrogen) atoms. The Labute approximate surface area is 138 Å². The number of hydrogen-bond acceptors (Lipinski definition) is 4. The minimum Gasteiger partial charge on any atom is -0.491 e. The highest BCUT2D eigenvalue weighted by atomic mass is 16.5. The van der Waals surface area contributed by atoms with Crippen LogP contribution >= 0.6 is 0 Å². The Kier molecular flexibility index (Phi) is 6.02. The Morgan fingerprint density at radius 2 is 2.13 bits per heavy atom. The summed E-state index contributed by atoms with van der Waals surface area (Å²) in [5.74, 6) is 0.839. The predicted octanol–water partition coefficient (Wildman–Crippen LogP) is 1.86. The molecule has 0 aromatic heterocycles. The SMILES string of the molecule is C[C@H]1OCCN[C@@H]1C(=O)NCCOc1ccccc1C(C)(C)C. The average molecular weight is 320 g/mol. The smallest absolute Gasteiger partial charge is 0.239 e. The van der Waals surface area contributed by atoms with E-state index in [1.165, 1.54) is 5.56 Å². The lowest BCUT2D eigenvalue weighted by molar-refractivity contribution is -0.129. The molecule has 1 amide bonds. The number of amides is 1. The van der Waals surface area contributed by atoms with Crippen molar-refractivity contribution in [2.75, 3.05) is 26.3 Å². The average Bonchev–Trinajstić information content (AvgIpc) is 2.51. The molecule has 0 saturated carbocycles. The van der Waals surface area contributed by atoms with Gasteiger partial charge in [-0.1, -0.05) is 39.0 Å². The van der Waals surface area contributed by atoms with Gasteiger partial charge in [-0.15, -0.1) is 0 Å². The van der Waals surface area contributed by atoms with Crippen molar-refractivity contribution in [3.8, 4) is 5.75 Å². The molecule has 5 nitrogen and oxygen atoms in total. The van der Waals surface area contributed by atoms with Crippen LogP contribution in [0, 0.1) is 0 Å². The summed E-state index contributed by atoms with van der Waals surface area (Å²) in [6.45, 7) is 10.7. The molecule has 1 aliphatic rings. The van der Waals surface area contributed by atoms with Gasteiger partial charge in [0.05, 0.1) is 19.3 Å². The van der Waals surface area contributed by atoms with Gasteiger partial charge in [-0.25, -0.2) is 0 Å². The summed E-state index contributed by atoms with van der Waals surface area (Å²) in [4.78, 5) is 12.1. The molecule has 1 aromatic carbocycles. The van der Waals surface area contributed by atoms with E-state index in [0.717, 1.165) is 5.75 Å². The van der Waals surface area contributed by atoms with Crippen LogP contribution < -0.4 is 15.4 Å². The number of nitrogens with one attached hydrogen (secondary N) is 2. The first-order chi connectivity index (χ1) is 10.9. The molecular formula is C18H28N2O3. The zero-order valence-corrected chi connectivity index (χ0v) is 14.5. The van der Waals surface area contributed by atoms with Gasteiger partial charge in [-0.3, -0.25) is 4.79 Å². The van der Waals surface area contributed by atoms with E-state index in [0.29, 0.717) is 26.3 Å². The van der Waals surface area contributed by atoms with E-state index in [4.69, 9.17) is 9.47 Å². The molecular weight excluding hydrogens is 292 g/mol. The van der Waals surface area contributed by atoms with E-state index in [1.807, 2.05) is 25.1 Å². The summed E-state index contributed by atoms with van der Waals surface area (Å²) < 4.78 is 11.3. The maximum absolute atomic E-state index is 12.1. The van der Waals surface area contributed by atoms with E-state index in [9.17, 15) is 4.79 Å². The first-order valence-electron chi connectivity index (χ1n) is 8.24. The summed E-state index contributed by atoms with van der Waals surface area (Å²) in [7, 11) is 0. The molecule has 0 bridgehead atoms. The van der Waals surface area contributed by atoms with Crippen LogP contribution in [0.3, 0.4) is 0 Å². The van der Waals surface area contributed by atoms with E-state index < -0.39 is 0 Å². The number of morpholine rings is 1. The molecule has 1 aromatic rings. The van der Waals surface area contributed by atoms with Gasteiger partial charge >= 0.3 is 0 Å². The monoisotopic (exact) mass is 320 g/mol. The topological polar surface area (TPSA) is 59.6 Å². The van der Waals surface area contributed by atoms with Gasteiger partial charge in [-0.2, -0.15) is 0 Å². The number of ether oxygens (including phenoxy) is 2. The highest BCUT2D eigenvalue weighted by molar-refractivity contribution is 5.82. The van der Waals surface area contributed by atoms with Gasteiger partial charge in [0.25, 0.3) is 0 Å². The second-order valence-corrected chi connectivity index (χ2v) is 6.89. The lowest BCUT2D eigenvalue weighted by Gasteiger charge is -2.29. The second-order valence-electron chi connectivity index (χ2n) is 6.89. The summed E-state index contributed by atoms with van der Waals surface area (Å²) in [6.07, 6.45) is -0.105. The highest BCUT2D eigenvalue weighted by Crippen LogP contribution is 2.30. The Hall–Kier alpha value is -1.59. The van der Waals surface area contributed by atoms with Crippen molar-refractivity contribution >= 4 is 5.91 Å². The minimum absolute atomic E-state index is 0.0264. The molecule has 5 heteroatoms. The molecule has 1 aliphatic heterocycles. The number of para-hydroxylation sites is 1. The van der Waals surface area contributed by atoms with Crippen LogP contribution in [0.4, 0.5) is 0 Å². The molecule has 1 heterocycles. The number of hydrogen-bond donors (Lipinski definition) is 2. The zero-order valence-electron chi connectivity index (χ0n) is 14.5. The molecule has 0 spiro atoms. The van der Waals surface area contributed by atoms with E-state index in [1.54, 1.807) is 0 Å².